The number of benzene rings is 2. The Balaban J connectivity index is 1.68. The number of hydrogen-bond acceptors (Lipinski definition) is 8. The maximum absolute atomic E-state index is 12.3. The third-order valence-electron chi connectivity index (χ3n) is 4.23. The lowest BCUT2D eigenvalue weighted by atomic mass is 10.1. The minimum atomic E-state index is -1.55. The van der Waals surface area contributed by atoms with Gasteiger partial charge >= 0.3 is 17.9 Å². The average molecular weight is 400 g/mol. The highest BCUT2D eigenvalue weighted by atomic mass is 16.7. The van der Waals surface area contributed by atoms with E-state index < -0.39 is 42.5 Å². The van der Waals surface area contributed by atoms with Crippen LogP contribution in [0.15, 0.2) is 60.7 Å². The Bertz CT molecular complexity index is 851. The molecule has 1 aliphatic heterocycles. The smallest absolute Gasteiger partial charge is 0.338 e. The van der Waals surface area contributed by atoms with Crippen LogP contribution in [-0.2, 0) is 23.7 Å². The summed E-state index contributed by atoms with van der Waals surface area (Å²) in [6.07, 6.45) is -4.96. The molecule has 8 nitrogen and oxygen atoms in total. The summed E-state index contributed by atoms with van der Waals surface area (Å²) in [7, 11) is 0. The standard InChI is InChI=1S/C21H20O8/c1-13(22)27-17-16(12-26-19(23)14-8-4-2-5-9-14)28-21(25)18(17)29-20(24)15-10-6-3-7-11-15/h2-11,16-18,21,25H,12H2,1H3/t16-,17-,18-,21-/m0/s1. The van der Waals surface area contributed by atoms with Gasteiger partial charge < -0.3 is 24.1 Å². The van der Waals surface area contributed by atoms with Crippen molar-refractivity contribution in [3.63, 3.8) is 0 Å². The number of hydrogen-bond donors (Lipinski definition) is 1. The van der Waals surface area contributed by atoms with Crippen molar-refractivity contribution in [3.8, 4) is 0 Å². The first kappa shape index (κ1) is 20.5. The molecule has 0 radical (unpaired) electrons. The Kier molecular flexibility index (Phi) is 6.58. The van der Waals surface area contributed by atoms with E-state index >= 15 is 0 Å². The summed E-state index contributed by atoms with van der Waals surface area (Å²) < 4.78 is 21.0. The van der Waals surface area contributed by atoms with Crippen molar-refractivity contribution < 1.29 is 38.4 Å². The Morgan fingerprint density at radius 3 is 1.97 bits per heavy atom. The molecule has 1 aliphatic rings. The Hall–Kier alpha value is -3.23. The zero-order valence-electron chi connectivity index (χ0n) is 15.6. The van der Waals surface area contributed by atoms with Crippen molar-refractivity contribution in [3.05, 3.63) is 71.8 Å². The molecule has 2 aromatic rings. The van der Waals surface area contributed by atoms with Crippen LogP contribution in [0.1, 0.15) is 27.6 Å². The van der Waals surface area contributed by atoms with E-state index in [-0.39, 0.29) is 12.2 Å². The van der Waals surface area contributed by atoms with Crippen LogP contribution in [0.2, 0.25) is 0 Å². The summed E-state index contributed by atoms with van der Waals surface area (Å²) in [5.74, 6) is -1.97. The molecule has 2 aromatic carbocycles. The van der Waals surface area contributed by atoms with Crippen molar-refractivity contribution in [2.24, 2.45) is 0 Å². The molecule has 4 atom stereocenters. The molecular formula is C21H20O8. The van der Waals surface area contributed by atoms with Crippen LogP contribution in [-0.4, -0.2) is 54.2 Å². The van der Waals surface area contributed by atoms with Gasteiger partial charge in [0.05, 0.1) is 11.1 Å². The molecule has 0 unspecified atom stereocenters. The molecular weight excluding hydrogens is 380 g/mol. The maximum atomic E-state index is 12.3. The highest BCUT2D eigenvalue weighted by Crippen LogP contribution is 2.27. The zero-order chi connectivity index (χ0) is 20.8. The van der Waals surface area contributed by atoms with Gasteiger partial charge in [-0.25, -0.2) is 9.59 Å². The third-order valence-corrected chi connectivity index (χ3v) is 4.23. The zero-order valence-corrected chi connectivity index (χ0v) is 15.6. The second-order valence-electron chi connectivity index (χ2n) is 6.34. The van der Waals surface area contributed by atoms with Crippen LogP contribution < -0.4 is 0 Å². The summed E-state index contributed by atoms with van der Waals surface area (Å²) in [6.45, 7) is 0.871. The fourth-order valence-corrected chi connectivity index (χ4v) is 2.88. The molecule has 8 heteroatoms. The van der Waals surface area contributed by atoms with Crippen LogP contribution in [0.25, 0.3) is 0 Å². The molecule has 0 spiro atoms. The van der Waals surface area contributed by atoms with Crippen LogP contribution >= 0.6 is 0 Å². The quantitative estimate of drug-likeness (QED) is 0.577. The van der Waals surface area contributed by atoms with Crippen LogP contribution in [0.3, 0.4) is 0 Å². The maximum Gasteiger partial charge on any atom is 0.338 e. The summed E-state index contributed by atoms with van der Waals surface area (Å²) >= 11 is 0. The predicted octanol–water partition coefficient (Wildman–Crippen LogP) is 1.72. The van der Waals surface area contributed by atoms with Crippen molar-refractivity contribution in [1.29, 1.82) is 0 Å². The minimum Gasteiger partial charge on any atom is -0.459 e. The second-order valence-corrected chi connectivity index (χ2v) is 6.34. The fraction of sp³-hybridized carbons (Fsp3) is 0.286. The lowest BCUT2D eigenvalue weighted by molar-refractivity contribution is -0.154. The Morgan fingerprint density at radius 2 is 1.41 bits per heavy atom. The molecule has 0 aliphatic carbocycles. The highest BCUT2D eigenvalue weighted by Gasteiger charge is 2.49. The molecule has 1 saturated heterocycles. The van der Waals surface area contributed by atoms with E-state index in [0.29, 0.717) is 5.56 Å². The first-order valence-electron chi connectivity index (χ1n) is 8.94. The highest BCUT2D eigenvalue weighted by molar-refractivity contribution is 5.90. The number of aliphatic hydroxyl groups excluding tert-OH is 1. The van der Waals surface area contributed by atoms with E-state index in [1.165, 1.54) is 6.92 Å². The molecule has 0 saturated carbocycles. The van der Waals surface area contributed by atoms with Crippen LogP contribution in [0.4, 0.5) is 0 Å². The Morgan fingerprint density at radius 1 is 0.862 bits per heavy atom. The molecule has 1 N–H and O–H groups in total. The third kappa shape index (κ3) is 5.18. The van der Waals surface area contributed by atoms with Crippen LogP contribution in [0, 0.1) is 0 Å². The number of ether oxygens (including phenoxy) is 4. The van der Waals surface area contributed by atoms with Gasteiger partial charge in [0.25, 0.3) is 0 Å². The van der Waals surface area contributed by atoms with Gasteiger partial charge in [-0.05, 0) is 24.3 Å². The number of esters is 3. The SMILES string of the molecule is CC(=O)O[C@@H]1[C@H](OC(=O)c2ccccc2)[C@@H](O)O[C@H]1COC(=O)c1ccccc1. The number of carbonyl (C=O) groups is 3. The van der Waals surface area contributed by atoms with Gasteiger partial charge in [0.2, 0.25) is 0 Å². The number of carbonyl (C=O) groups excluding carboxylic acids is 3. The van der Waals surface area contributed by atoms with Gasteiger partial charge in [-0.2, -0.15) is 0 Å². The topological polar surface area (TPSA) is 108 Å². The van der Waals surface area contributed by atoms with Crippen molar-refractivity contribution in [2.45, 2.75) is 31.5 Å². The van der Waals surface area contributed by atoms with Gasteiger partial charge in [0.1, 0.15) is 12.7 Å². The van der Waals surface area contributed by atoms with Gasteiger partial charge in [0, 0.05) is 6.92 Å². The molecule has 152 valence electrons. The summed E-state index contributed by atoms with van der Waals surface area (Å²) in [5, 5.41) is 10.2. The first-order valence-corrected chi connectivity index (χ1v) is 8.94. The van der Waals surface area contributed by atoms with E-state index in [1.807, 2.05) is 0 Å². The van der Waals surface area contributed by atoms with E-state index in [4.69, 9.17) is 18.9 Å². The van der Waals surface area contributed by atoms with E-state index in [0.717, 1.165) is 0 Å². The normalized spacial score (nSPS) is 23.2. The summed E-state index contributed by atoms with van der Waals surface area (Å²) in [4.78, 5) is 35.9. The molecule has 0 bridgehead atoms. The fourth-order valence-electron chi connectivity index (χ4n) is 2.88. The molecule has 0 aromatic heterocycles. The molecule has 0 amide bonds. The molecule has 3 rings (SSSR count). The van der Waals surface area contributed by atoms with E-state index in [1.54, 1.807) is 60.7 Å². The minimum absolute atomic E-state index is 0.264. The summed E-state index contributed by atoms with van der Waals surface area (Å²) in [6, 6.07) is 16.5. The van der Waals surface area contributed by atoms with Gasteiger partial charge in [-0.15, -0.1) is 0 Å². The monoisotopic (exact) mass is 400 g/mol. The molecule has 1 heterocycles. The predicted molar refractivity (Wildman–Crippen MR) is 98.8 cm³/mol. The first-order chi connectivity index (χ1) is 14.0. The number of aliphatic hydroxyl groups is 1. The Labute approximate surface area is 167 Å². The summed E-state index contributed by atoms with van der Waals surface area (Å²) in [5.41, 5.74) is 0.599. The second kappa shape index (κ2) is 9.31. The van der Waals surface area contributed by atoms with Gasteiger partial charge in [0.15, 0.2) is 18.5 Å². The van der Waals surface area contributed by atoms with Gasteiger partial charge in [-0.3, -0.25) is 4.79 Å². The largest absolute Gasteiger partial charge is 0.459 e. The molecule has 29 heavy (non-hydrogen) atoms. The van der Waals surface area contributed by atoms with Crippen molar-refractivity contribution in [1.82, 2.24) is 0 Å². The van der Waals surface area contributed by atoms with E-state index in [9.17, 15) is 19.5 Å². The van der Waals surface area contributed by atoms with Crippen molar-refractivity contribution in [2.75, 3.05) is 6.61 Å². The average Bonchev–Trinajstić information content (AvgIpc) is 3.01. The number of rotatable bonds is 6. The molecule has 1 fully saturated rings. The van der Waals surface area contributed by atoms with Gasteiger partial charge in [-0.1, -0.05) is 36.4 Å². The lowest BCUT2D eigenvalue weighted by Gasteiger charge is -2.22. The lowest BCUT2D eigenvalue weighted by Crippen LogP contribution is -2.41. The van der Waals surface area contributed by atoms with Crippen molar-refractivity contribution >= 4 is 17.9 Å². The van der Waals surface area contributed by atoms with Crippen LogP contribution in [0.5, 0.6) is 0 Å². The van der Waals surface area contributed by atoms with E-state index in [2.05, 4.69) is 0 Å².